The molecule has 4 aromatic carbocycles. The molecule has 0 bridgehead atoms. The molecule has 0 N–H and O–H groups in total. The Labute approximate surface area is 525 Å². The average Bonchev–Trinajstić information content (AvgIpc) is 3.52. The summed E-state index contributed by atoms with van der Waals surface area (Å²) in [4.78, 5) is 0. The van der Waals surface area contributed by atoms with E-state index in [4.69, 9.17) is 0 Å². The van der Waals surface area contributed by atoms with E-state index in [9.17, 15) is 0 Å². The highest BCUT2D eigenvalue weighted by Gasteiger charge is 2.06. The Morgan fingerprint density at radius 1 is 0.365 bits per heavy atom. The van der Waals surface area contributed by atoms with Crippen LogP contribution in [0.1, 0.15) is 247 Å². The summed E-state index contributed by atoms with van der Waals surface area (Å²) in [6.07, 6.45) is 50.6. The quantitative estimate of drug-likeness (QED) is 0.0428. The highest BCUT2D eigenvalue weighted by molar-refractivity contribution is 5.27. The number of hydrogen-bond donors (Lipinski definition) is 0. The topological polar surface area (TPSA) is 0 Å². The maximum atomic E-state index is 4.30. The van der Waals surface area contributed by atoms with Crippen LogP contribution in [0.15, 0.2) is 276 Å². The minimum absolute atomic E-state index is 0.436. The zero-order chi connectivity index (χ0) is 63.0. The molecule has 5 atom stereocenters. The SMILES string of the molecule is C=C(CC/C=C(\C)CCC=C(C)C)C(C)/C=C/C(C)c1ccccc1.C=CC(C)c1ccccc1.CC(C)=CCC/C(C)=C/CCC(C)=CC/C=C/C(C)c1ccccc1.CC=C(C/C=C/C(C)c1ccccc1)CC/C=C(\C)CCC=C(C)C. The van der Waals surface area contributed by atoms with Crippen molar-refractivity contribution in [1.29, 1.82) is 0 Å². The van der Waals surface area contributed by atoms with Gasteiger partial charge in [-0.15, -0.1) is 6.58 Å². The van der Waals surface area contributed by atoms with Crippen LogP contribution in [0, 0.1) is 5.92 Å². The average molecular weight is 1140 g/mol. The highest BCUT2D eigenvalue weighted by atomic mass is 14.1. The van der Waals surface area contributed by atoms with Crippen molar-refractivity contribution >= 4 is 0 Å². The first-order chi connectivity index (χ1) is 40.7. The Morgan fingerprint density at radius 3 is 1.05 bits per heavy atom. The van der Waals surface area contributed by atoms with Gasteiger partial charge in [0, 0.05) is 0 Å². The smallest absolute Gasteiger partial charge is 0.00102 e. The van der Waals surface area contributed by atoms with Gasteiger partial charge in [0.1, 0.15) is 0 Å². The first kappa shape index (κ1) is 76.5. The van der Waals surface area contributed by atoms with Gasteiger partial charge in [-0.05, 0) is 218 Å². The van der Waals surface area contributed by atoms with E-state index in [1.54, 1.807) is 0 Å². The van der Waals surface area contributed by atoms with E-state index in [-0.39, 0.29) is 0 Å². The molecular weight excluding hydrogens is 1020 g/mol. The van der Waals surface area contributed by atoms with Gasteiger partial charge in [-0.25, -0.2) is 0 Å². The van der Waals surface area contributed by atoms with Crippen molar-refractivity contribution in [3.63, 3.8) is 0 Å². The van der Waals surface area contributed by atoms with Crippen LogP contribution in [0.4, 0.5) is 0 Å². The monoisotopic (exact) mass is 1140 g/mol. The summed E-state index contributed by atoms with van der Waals surface area (Å²) in [5, 5.41) is 0. The molecule has 0 aromatic heterocycles. The second kappa shape index (κ2) is 48.7. The summed E-state index contributed by atoms with van der Waals surface area (Å²) < 4.78 is 0. The minimum atomic E-state index is 0.436. The molecule has 0 spiro atoms. The van der Waals surface area contributed by atoms with E-state index in [1.165, 1.54) is 117 Å². The van der Waals surface area contributed by atoms with Crippen molar-refractivity contribution < 1.29 is 0 Å². The lowest BCUT2D eigenvalue weighted by Crippen LogP contribution is -1.96. The van der Waals surface area contributed by atoms with Crippen LogP contribution < -0.4 is 0 Å². The number of rotatable bonds is 32. The lowest BCUT2D eigenvalue weighted by atomic mass is 9.94. The van der Waals surface area contributed by atoms with Crippen LogP contribution in [0.5, 0.6) is 0 Å². The summed E-state index contributed by atoms with van der Waals surface area (Å²) in [6.45, 7) is 43.4. The summed E-state index contributed by atoms with van der Waals surface area (Å²) in [6, 6.07) is 42.4. The van der Waals surface area contributed by atoms with Gasteiger partial charge in [-0.1, -0.05) is 304 Å². The summed E-state index contributed by atoms with van der Waals surface area (Å²) >= 11 is 0. The number of allylic oxidation sites excluding steroid dienone is 24. The summed E-state index contributed by atoms with van der Waals surface area (Å²) in [5.74, 6) is 2.33. The predicted octanol–water partition coefficient (Wildman–Crippen LogP) is 27.3. The molecule has 0 heterocycles. The fraction of sp³-hybridized carbons (Fsp3) is 0.412. The van der Waals surface area contributed by atoms with E-state index in [1.807, 2.05) is 12.1 Å². The third-order valence-corrected chi connectivity index (χ3v) is 15.4. The third kappa shape index (κ3) is 41.2. The number of benzene rings is 4. The van der Waals surface area contributed by atoms with Gasteiger partial charge in [-0.2, -0.15) is 0 Å². The van der Waals surface area contributed by atoms with Crippen molar-refractivity contribution in [2.75, 3.05) is 0 Å². The van der Waals surface area contributed by atoms with Gasteiger partial charge in [0.05, 0.1) is 0 Å². The zero-order valence-corrected chi connectivity index (χ0v) is 56.9. The second-order valence-corrected chi connectivity index (χ2v) is 24.4. The molecule has 0 fully saturated rings. The molecule has 460 valence electrons. The number of hydrogen-bond acceptors (Lipinski definition) is 0. The van der Waals surface area contributed by atoms with Crippen molar-refractivity contribution in [2.45, 2.75) is 224 Å². The Hall–Kier alpha value is -6.50. The molecule has 5 unspecified atom stereocenters. The Balaban J connectivity index is 0.000000588. The van der Waals surface area contributed by atoms with Crippen molar-refractivity contribution in [3.8, 4) is 0 Å². The lowest BCUT2D eigenvalue weighted by molar-refractivity contribution is 0.775. The van der Waals surface area contributed by atoms with Gasteiger partial charge in [0.25, 0.3) is 0 Å². The van der Waals surface area contributed by atoms with Crippen LogP contribution in [-0.2, 0) is 0 Å². The first-order valence-electron chi connectivity index (χ1n) is 32.4. The van der Waals surface area contributed by atoms with E-state index in [0.29, 0.717) is 29.6 Å². The minimum Gasteiger partial charge on any atom is -0.102 e. The largest absolute Gasteiger partial charge is 0.102 e. The molecule has 0 aliphatic rings. The Morgan fingerprint density at radius 2 is 0.682 bits per heavy atom. The molecule has 0 saturated heterocycles. The van der Waals surface area contributed by atoms with Crippen molar-refractivity contribution in [3.05, 3.63) is 298 Å². The molecule has 0 amide bonds. The molecule has 85 heavy (non-hydrogen) atoms. The van der Waals surface area contributed by atoms with E-state index < -0.39 is 0 Å². The van der Waals surface area contributed by atoms with Crippen molar-refractivity contribution in [1.82, 2.24) is 0 Å². The van der Waals surface area contributed by atoms with E-state index in [0.717, 1.165) is 44.9 Å². The zero-order valence-electron chi connectivity index (χ0n) is 56.9. The summed E-state index contributed by atoms with van der Waals surface area (Å²) in [5.41, 5.74) is 18.6. The molecular formula is C85H120. The van der Waals surface area contributed by atoms with Crippen molar-refractivity contribution in [2.24, 2.45) is 5.92 Å². The molecule has 0 saturated carbocycles. The molecule has 0 aliphatic carbocycles. The molecule has 0 radical (unpaired) electrons. The second-order valence-electron chi connectivity index (χ2n) is 24.4. The Bertz CT molecular complexity index is 2720. The highest BCUT2D eigenvalue weighted by Crippen LogP contribution is 2.24. The third-order valence-electron chi connectivity index (χ3n) is 15.4. The normalized spacial score (nSPS) is 13.9. The van der Waals surface area contributed by atoms with Crippen LogP contribution in [0.25, 0.3) is 0 Å². The van der Waals surface area contributed by atoms with Crippen LogP contribution in [0.3, 0.4) is 0 Å². The fourth-order valence-electron chi connectivity index (χ4n) is 9.26. The van der Waals surface area contributed by atoms with Crippen LogP contribution in [-0.4, -0.2) is 0 Å². The van der Waals surface area contributed by atoms with Gasteiger partial charge in [0.15, 0.2) is 0 Å². The standard InChI is InChI=1S/3C25H36.C10H12/c1-20(2)12-10-13-21(3)14-11-15-22(4)23(5)18-19-24(6)25-16-8-7-9-17-25;1-21(2)13-11-15-23(4)17-12-16-22(3)14-9-10-18-24(5)25-19-7-6-8-20-25;1-6-24(17-11-15-22(4)14-10-13-21(2)3)18-12-16-23(5)25-19-8-7-9-20-25;1-3-9(2)10-7-5-4-6-8-10/h7-9,12,14,16-19,23-24H,4,10-11,13,15H2,1-3,5-6H3;6-8,10,13-14,17-20,24H,9,11-12,15-16H2,1-5H3;6-9,12-13,15-16,19-20,23H,10-11,14,17-18H2,1-5H3;3-9H,1H2,2H3/b19-18+,21-14+;18-10+,22-14?,23-17+;16-12+,22-15+,24-6?;. The fourth-order valence-corrected chi connectivity index (χ4v) is 9.26. The summed E-state index contributed by atoms with van der Waals surface area (Å²) in [7, 11) is 0. The molecule has 0 heteroatoms. The molecule has 0 aliphatic heterocycles. The Kier molecular flexibility index (Phi) is 43.8. The van der Waals surface area contributed by atoms with Gasteiger partial charge in [-0.3, -0.25) is 0 Å². The lowest BCUT2D eigenvalue weighted by Gasteiger charge is -2.12. The van der Waals surface area contributed by atoms with Gasteiger partial charge in [0.2, 0.25) is 0 Å². The molecule has 0 nitrogen and oxygen atoms in total. The van der Waals surface area contributed by atoms with Crippen LogP contribution >= 0.6 is 0 Å². The maximum absolute atomic E-state index is 4.30. The first-order valence-corrected chi connectivity index (χ1v) is 32.4. The van der Waals surface area contributed by atoms with Gasteiger partial charge >= 0.3 is 0 Å². The predicted molar refractivity (Wildman–Crippen MR) is 387 cm³/mol. The van der Waals surface area contributed by atoms with E-state index in [2.05, 4.69) is 324 Å². The van der Waals surface area contributed by atoms with Gasteiger partial charge < -0.3 is 0 Å². The molecule has 4 aromatic rings. The van der Waals surface area contributed by atoms with Crippen LogP contribution in [0.2, 0.25) is 0 Å². The molecule has 4 rings (SSSR count). The maximum Gasteiger partial charge on any atom is -0.00102 e. The van der Waals surface area contributed by atoms with E-state index >= 15 is 0 Å².